The highest BCUT2D eigenvalue weighted by Crippen LogP contribution is 2.03. The lowest BCUT2D eigenvalue weighted by atomic mass is 10.3. The summed E-state index contributed by atoms with van der Waals surface area (Å²) in [5.74, 6) is 0.139. The van der Waals surface area contributed by atoms with E-state index in [1.54, 1.807) is 24.3 Å². The molecule has 0 aliphatic carbocycles. The molecule has 110 valence electrons. The Morgan fingerprint density at radius 2 is 2.05 bits per heavy atom. The second-order valence-corrected chi connectivity index (χ2v) is 4.23. The predicted octanol–water partition coefficient (Wildman–Crippen LogP) is 2.13. The number of hydrogen-bond donors (Lipinski definition) is 1. The maximum atomic E-state index is 11.7. The second kappa shape index (κ2) is 7.14. The number of furan rings is 2. The van der Waals surface area contributed by atoms with Crippen LogP contribution in [0.3, 0.4) is 0 Å². The summed E-state index contributed by atoms with van der Waals surface area (Å²) in [6.07, 6.45) is 4.79. The van der Waals surface area contributed by atoms with E-state index in [2.05, 4.69) is 5.32 Å². The van der Waals surface area contributed by atoms with E-state index in [0.29, 0.717) is 11.5 Å². The minimum absolute atomic E-state index is 0.246. The fourth-order valence-electron chi connectivity index (χ4n) is 1.53. The normalized spacial score (nSPS) is 12.2. The molecule has 0 saturated heterocycles. The van der Waals surface area contributed by atoms with Crippen LogP contribution in [0, 0.1) is 0 Å². The van der Waals surface area contributed by atoms with Crippen molar-refractivity contribution in [2.24, 2.45) is 0 Å². The third kappa shape index (κ3) is 4.68. The van der Waals surface area contributed by atoms with Crippen molar-refractivity contribution >= 4 is 18.0 Å². The van der Waals surface area contributed by atoms with E-state index in [-0.39, 0.29) is 6.54 Å². The van der Waals surface area contributed by atoms with Gasteiger partial charge in [0.15, 0.2) is 6.10 Å². The summed E-state index contributed by atoms with van der Waals surface area (Å²) in [6.45, 7) is 1.74. The molecule has 0 fully saturated rings. The fourth-order valence-corrected chi connectivity index (χ4v) is 1.53. The molecule has 0 aliphatic heterocycles. The Bertz CT molecular complexity index is 598. The van der Waals surface area contributed by atoms with E-state index in [0.717, 1.165) is 0 Å². The van der Waals surface area contributed by atoms with Gasteiger partial charge < -0.3 is 18.9 Å². The van der Waals surface area contributed by atoms with Crippen molar-refractivity contribution in [1.29, 1.82) is 0 Å². The predicted molar refractivity (Wildman–Crippen MR) is 73.9 cm³/mol. The lowest BCUT2D eigenvalue weighted by Gasteiger charge is -2.11. The largest absolute Gasteiger partial charge is 0.467 e. The molecule has 0 radical (unpaired) electrons. The van der Waals surface area contributed by atoms with Gasteiger partial charge in [-0.2, -0.15) is 0 Å². The van der Waals surface area contributed by atoms with Crippen molar-refractivity contribution in [2.75, 3.05) is 0 Å². The van der Waals surface area contributed by atoms with Crippen LogP contribution in [0.5, 0.6) is 0 Å². The summed E-state index contributed by atoms with van der Waals surface area (Å²) in [7, 11) is 0. The smallest absolute Gasteiger partial charge is 0.331 e. The summed E-state index contributed by atoms with van der Waals surface area (Å²) in [4.78, 5) is 23.3. The summed E-state index contributed by atoms with van der Waals surface area (Å²) < 4.78 is 15.1. The Hall–Kier alpha value is -2.76. The third-order valence-corrected chi connectivity index (χ3v) is 2.61. The number of nitrogens with one attached hydrogen (secondary N) is 1. The van der Waals surface area contributed by atoms with Gasteiger partial charge in [0.05, 0.1) is 19.1 Å². The van der Waals surface area contributed by atoms with Crippen molar-refractivity contribution in [3.8, 4) is 0 Å². The number of carbonyl (C=O) groups excluding carboxylic acids is 2. The Morgan fingerprint density at radius 1 is 1.29 bits per heavy atom. The zero-order chi connectivity index (χ0) is 15.1. The minimum atomic E-state index is -0.895. The summed E-state index contributed by atoms with van der Waals surface area (Å²) in [5.41, 5.74) is 0. The van der Waals surface area contributed by atoms with Gasteiger partial charge in [0.2, 0.25) is 0 Å². The van der Waals surface area contributed by atoms with Gasteiger partial charge in [-0.25, -0.2) is 4.79 Å². The number of esters is 1. The maximum Gasteiger partial charge on any atom is 0.331 e. The van der Waals surface area contributed by atoms with Crippen LogP contribution in [-0.4, -0.2) is 18.0 Å². The van der Waals surface area contributed by atoms with Gasteiger partial charge in [0, 0.05) is 6.08 Å². The lowest BCUT2D eigenvalue weighted by molar-refractivity contribution is -0.150. The molecule has 6 heteroatoms. The first-order valence-electron chi connectivity index (χ1n) is 6.37. The molecular weight excluding hydrogens is 274 g/mol. The van der Waals surface area contributed by atoms with Crippen LogP contribution in [0.15, 0.2) is 51.7 Å². The molecule has 0 spiro atoms. The van der Waals surface area contributed by atoms with Crippen LogP contribution in [0.2, 0.25) is 0 Å². The first-order chi connectivity index (χ1) is 10.1. The van der Waals surface area contributed by atoms with Gasteiger partial charge in [-0.1, -0.05) is 0 Å². The van der Waals surface area contributed by atoms with Crippen LogP contribution in [0.1, 0.15) is 18.4 Å². The molecule has 21 heavy (non-hydrogen) atoms. The lowest BCUT2D eigenvalue weighted by Crippen LogP contribution is -2.35. The molecule has 2 aromatic rings. The van der Waals surface area contributed by atoms with E-state index < -0.39 is 18.0 Å². The molecule has 1 atom stereocenters. The molecule has 2 heterocycles. The number of amides is 1. The molecule has 2 rings (SSSR count). The quantitative estimate of drug-likeness (QED) is 0.650. The third-order valence-electron chi connectivity index (χ3n) is 2.61. The highest BCUT2D eigenvalue weighted by atomic mass is 16.5. The minimum Gasteiger partial charge on any atom is -0.467 e. The van der Waals surface area contributed by atoms with Crippen LogP contribution in [-0.2, 0) is 20.9 Å². The van der Waals surface area contributed by atoms with Crippen molar-refractivity contribution in [3.63, 3.8) is 0 Å². The zero-order valence-electron chi connectivity index (χ0n) is 11.4. The van der Waals surface area contributed by atoms with E-state index in [1.165, 1.54) is 31.6 Å². The van der Waals surface area contributed by atoms with E-state index in [4.69, 9.17) is 13.6 Å². The first kappa shape index (κ1) is 14.6. The SMILES string of the molecule is C[C@@H](OC(=O)/C=C/c1ccco1)C(=O)NCc1ccco1. The fraction of sp³-hybridized carbons (Fsp3) is 0.200. The number of hydrogen-bond acceptors (Lipinski definition) is 5. The Morgan fingerprint density at radius 3 is 2.71 bits per heavy atom. The molecule has 6 nitrogen and oxygen atoms in total. The number of carbonyl (C=O) groups is 2. The summed E-state index contributed by atoms with van der Waals surface area (Å²) in [5, 5.41) is 2.61. The average molecular weight is 289 g/mol. The van der Waals surface area contributed by atoms with Crippen molar-refractivity contribution < 1.29 is 23.2 Å². The highest BCUT2D eigenvalue weighted by Gasteiger charge is 2.16. The summed E-state index contributed by atoms with van der Waals surface area (Å²) >= 11 is 0. The zero-order valence-corrected chi connectivity index (χ0v) is 11.4. The Labute approximate surface area is 121 Å². The molecule has 0 unspecified atom stereocenters. The molecule has 1 N–H and O–H groups in total. The van der Waals surface area contributed by atoms with E-state index in [1.807, 2.05) is 0 Å². The maximum absolute atomic E-state index is 11.7. The molecule has 0 aliphatic rings. The van der Waals surface area contributed by atoms with E-state index in [9.17, 15) is 9.59 Å². The highest BCUT2D eigenvalue weighted by molar-refractivity contribution is 5.90. The summed E-state index contributed by atoms with van der Waals surface area (Å²) in [6, 6.07) is 6.87. The molecule has 1 amide bonds. The number of rotatable bonds is 6. The van der Waals surface area contributed by atoms with Gasteiger partial charge in [0.1, 0.15) is 11.5 Å². The van der Waals surface area contributed by atoms with Gasteiger partial charge in [0.25, 0.3) is 5.91 Å². The molecule has 0 saturated carbocycles. The van der Waals surface area contributed by atoms with Crippen molar-refractivity contribution in [3.05, 3.63) is 54.4 Å². The van der Waals surface area contributed by atoms with Crippen molar-refractivity contribution in [2.45, 2.75) is 19.6 Å². The monoisotopic (exact) mass is 289 g/mol. The molecule has 0 aromatic carbocycles. The van der Waals surface area contributed by atoms with Crippen LogP contribution in [0.25, 0.3) is 6.08 Å². The molecule has 2 aromatic heterocycles. The van der Waals surface area contributed by atoms with Crippen LogP contribution in [0.4, 0.5) is 0 Å². The van der Waals surface area contributed by atoms with Crippen LogP contribution >= 0.6 is 0 Å². The Kier molecular flexibility index (Phi) is 4.98. The topological polar surface area (TPSA) is 81.7 Å². The average Bonchev–Trinajstić information content (AvgIpc) is 3.15. The number of ether oxygens (including phenoxy) is 1. The standard InChI is InChI=1S/C15H15NO5/c1-11(15(18)16-10-13-5-3-9-20-13)21-14(17)7-6-12-4-2-8-19-12/h2-9,11H,10H2,1H3,(H,16,18)/b7-6+/t11-/m1/s1. The van der Waals surface area contributed by atoms with Crippen LogP contribution < -0.4 is 5.32 Å². The van der Waals surface area contributed by atoms with Gasteiger partial charge in [-0.3, -0.25) is 4.79 Å². The molecular formula is C15H15NO5. The van der Waals surface area contributed by atoms with Gasteiger partial charge >= 0.3 is 5.97 Å². The van der Waals surface area contributed by atoms with Gasteiger partial charge in [-0.15, -0.1) is 0 Å². The van der Waals surface area contributed by atoms with E-state index >= 15 is 0 Å². The first-order valence-corrected chi connectivity index (χ1v) is 6.37. The molecule has 0 bridgehead atoms. The Balaban J connectivity index is 1.76. The van der Waals surface area contributed by atoms with Crippen molar-refractivity contribution in [1.82, 2.24) is 5.32 Å². The second-order valence-electron chi connectivity index (χ2n) is 4.23. The van der Waals surface area contributed by atoms with Gasteiger partial charge in [-0.05, 0) is 37.3 Å².